The van der Waals surface area contributed by atoms with Crippen molar-refractivity contribution in [3.8, 4) is 5.75 Å². The van der Waals surface area contributed by atoms with Gasteiger partial charge >= 0.3 is 0 Å². The average Bonchev–Trinajstić information content (AvgIpc) is 3.09. The molecule has 0 saturated carbocycles. The van der Waals surface area contributed by atoms with Gasteiger partial charge in [-0.15, -0.1) is 0 Å². The normalized spacial score (nSPS) is 21.2. The Balaban J connectivity index is 1.62. The Bertz CT molecular complexity index is 1060. The smallest absolute Gasteiger partial charge is 0.291 e. The molecule has 7 nitrogen and oxygen atoms in total. The van der Waals surface area contributed by atoms with E-state index in [0.29, 0.717) is 31.1 Å². The summed E-state index contributed by atoms with van der Waals surface area (Å²) in [6.07, 6.45) is 0.726. The molecule has 2 fully saturated rings. The average molecular weight is 465 g/mol. The van der Waals surface area contributed by atoms with Crippen LogP contribution in [0.4, 0.5) is 0 Å². The number of hydrogen-bond acceptors (Lipinski definition) is 6. The van der Waals surface area contributed by atoms with Gasteiger partial charge in [-0.3, -0.25) is 19.3 Å². The molecule has 2 heterocycles. The number of aryl methyl sites for hydroxylation is 2. The van der Waals surface area contributed by atoms with E-state index in [1.54, 1.807) is 30.2 Å². The molecule has 34 heavy (non-hydrogen) atoms. The summed E-state index contributed by atoms with van der Waals surface area (Å²) < 4.78 is 10.7. The van der Waals surface area contributed by atoms with Crippen molar-refractivity contribution in [2.75, 3.05) is 46.5 Å². The molecular weight excluding hydrogens is 432 g/mol. The predicted molar refractivity (Wildman–Crippen MR) is 128 cm³/mol. The molecule has 0 aromatic heterocycles. The first kappa shape index (κ1) is 24.1. The van der Waals surface area contributed by atoms with Crippen molar-refractivity contribution in [3.05, 3.63) is 64.7 Å². The van der Waals surface area contributed by atoms with Gasteiger partial charge in [-0.05, 0) is 49.6 Å². The second kappa shape index (κ2) is 10.5. The minimum atomic E-state index is -1.06. The summed E-state index contributed by atoms with van der Waals surface area (Å²) in [6.45, 7) is 8.20. The standard InChI is InChI=1S/C27H32N2O5/c1-18-5-7-20(8-6-18)24-23(25(30)22-10-9-21(33-3)17-19(22)2)26(31)27(32)29(24)12-4-11-28-13-15-34-16-14-28/h5-10,17,23-24H,4,11-16H2,1-3H3. The van der Waals surface area contributed by atoms with Crippen molar-refractivity contribution in [3.63, 3.8) is 0 Å². The van der Waals surface area contributed by atoms with Crippen molar-refractivity contribution < 1.29 is 23.9 Å². The van der Waals surface area contributed by atoms with E-state index in [0.717, 1.165) is 42.7 Å². The van der Waals surface area contributed by atoms with Crippen LogP contribution in [-0.4, -0.2) is 73.8 Å². The highest BCUT2D eigenvalue weighted by Gasteiger charge is 2.51. The SMILES string of the molecule is COc1ccc(C(=O)C2C(=O)C(=O)N(CCCN3CCOCC3)C2c2ccc(C)cc2)c(C)c1. The van der Waals surface area contributed by atoms with Crippen LogP contribution in [0.15, 0.2) is 42.5 Å². The Morgan fingerprint density at radius 2 is 1.74 bits per heavy atom. The van der Waals surface area contributed by atoms with Gasteiger partial charge in [-0.2, -0.15) is 0 Å². The Hall–Kier alpha value is -3.03. The minimum absolute atomic E-state index is 0.320. The number of ether oxygens (including phenoxy) is 2. The van der Waals surface area contributed by atoms with Crippen LogP contribution in [0.2, 0.25) is 0 Å². The Labute approximate surface area is 200 Å². The van der Waals surface area contributed by atoms with Crippen LogP contribution in [-0.2, 0) is 14.3 Å². The first-order chi connectivity index (χ1) is 16.4. The summed E-state index contributed by atoms with van der Waals surface area (Å²) >= 11 is 0. The summed E-state index contributed by atoms with van der Waals surface area (Å²) in [7, 11) is 1.57. The van der Waals surface area contributed by atoms with Gasteiger partial charge in [0.15, 0.2) is 5.78 Å². The Morgan fingerprint density at radius 1 is 1.03 bits per heavy atom. The van der Waals surface area contributed by atoms with Crippen molar-refractivity contribution in [1.82, 2.24) is 9.80 Å². The van der Waals surface area contributed by atoms with Gasteiger partial charge in [0.2, 0.25) is 5.78 Å². The molecule has 180 valence electrons. The highest BCUT2D eigenvalue weighted by molar-refractivity contribution is 6.44. The Kier molecular flexibility index (Phi) is 7.44. The van der Waals surface area contributed by atoms with E-state index in [1.165, 1.54) is 0 Å². The molecule has 2 saturated heterocycles. The number of nitrogens with zero attached hydrogens (tertiary/aromatic N) is 2. The zero-order valence-corrected chi connectivity index (χ0v) is 20.1. The number of ketones is 2. The Morgan fingerprint density at radius 3 is 2.38 bits per heavy atom. The first-order valence-corrected chi connectivity index (χ1v) is 11.8. The first-order valence-electron chi connectivity index (χ1n) is 11.8. The molecule has 2 aromatic rings. The van der Waals surface area contributed by atoms with E-state index in [9.17, 15) is 14.4 Å². The lowest BCUT2D eigenvalue weighted by atomic mass is 9.85. The largest absolute Gasteiger partial charge is 0.497 e. The number of methoxy groups -OCH3 is 1. The van der Waals surface area contributed by atoms with Gasteiger partial charge in [0.25, 0.3) is 5.91 Å². The third-order valence-electron chi connectivity index (χ3n) is 6.78. The number of hydrogen-bond donors (Lipinski definition) is 0. The van der Waals surface area contributed by atoms with Gasteiger partial charge < -0.3 is 14.4 Å². The lowest BCUT2D eigenvalue weighted by molar-refractivity contribution is -0.140. The number of Topliss-reactive ketones (excluding diaryl/α,β-unsaturated/α-hetero) is 2. The molecule has 2 aliphatic rings. The van der Waals surface area contributed by atoms with Crippen LogP contribution in [0, 0.1) is 19.8 Å². The molecule has 0 aliphatic carbocycles. The van der Waals surface area contributed by atoms with E-state index in [2.05, 4.69) is 4.90 Å². The van der Waals surface area contributed by atoms with Crippen molar-refractivity contribution in [2.24, 2.45) is 5.92 Å². The van der Waals surface area contributed by atoms with Crippen LogP contribution in [0.25, 0.3) is 0 Å². The molecule has 1 amide bonds. The fourth-order valence-electron chi connectivity index (χ4n) is 4.86. The van der Waals surface area contributed by atoms with Gasteiger partial charge in [-0.1, -0.05) is 29.8 Å². The van der Waals surface area contributed by atoms with Crippen LogP contribution in [0.1, 0.15) is 39.5 Å². The molecule has 0 bridgehead atoms. The van der Waals surface area contributed by atoms with Gasteiger partial charge in [0, 0.05) is 31.7 Å². The molecule has 2 atom stereocenters. The maximum atomic E-state index is 13.7. The second-order valence-electron chi connectivity index (χ2n) is 9.05. The molecule has 4 rings (SSSR count). The molecule has 0 radical (unpaired) electrons. The third kappa shape index (κ3) is 4.91. The van der Waals surface area contributed by atoms with E-state index in [1.807, 2.05) is 38.1 Å². The number of morpholine rings is 1. The topological polar surface area (TPSA) is 76.2 Å². The molecule has 7 heteroatoms. The van der Waals surface area contributed by atoms with E-state index in [-0.39, 0.29) is 5.78 Å². The number of likely N-dealkylation sites (tertiary alicyclic amines) is 1. The number of rotatable bonds is 8. The summed E-state index contributed by atoms with van der Waals surface area (Å²) in [5, 5.41) is 0. The van der Waals surface area contributed by atoms with Crippen LogP contribution < -0.4 is 4.74 Å². The predicted octanol–water partition coefficient (Wildman–Crippen LogP) is 2.99. The number of carbonyl (C=O) groups excluding carboxylic acids is 3. The molecular formula is C27H32N2O5. The molecule has 2 aromatic carbocycles. The number of benzene rings is 2. The van der Waals surface area contributed by atoms with Crippen molar-refractivity contribution in [2.45, 2.75) is 26.3 Å². The van der Waals surface area contributed by atoms with Crippen LogP contribution in [0.5, 0.6) is 5.75 Å². The third-order valence-corrected chi connectivity index (χ3v) is 6.78. The summed E-state index contributed by atoms with van der Waals surface area (Å²) in [4.78, 5) is 43.9. The maximum Gasteiger partial charge on any atom is 0.291 e. The lowest BCUT2D eigenvalue weighted by Gasteiger charge is -2.30. The fraction of sp³-hybridized carbons (Fsp3) is 0.444. The summed E-state index contributed by atoms with van der Waals surface area (Å²) in [5.41, 5.74) is 3.05. The number of amides is 1. The fourth-order valence-corrected chi connectivity index (χ4v) is 4.86. The number of carbonyl (C=O) groups is 3. The van der Waals surface area contributed by atoms with Crippen molar-refractivity contribution in [1.29, 1.82) is 0 Å². The van der Waals surface area contributed by atoms with Crippen LogP contribution in [0.3, 0.4) is 0 Å². The molecule has 0 spiro atoms. The minimum Gasteiger partial charge on any atom is -0.497 e. The van der Waals surface area contributed by atoms with Gasteiger partial charge in [0.1, 0.15) is 11.7 Å². The summed E-state index contributed by atoms with van der Waals surface area (Å²) in [5.74, 6) is -1.94. The van der Waals surface area contributed by atoms with Gasteiger partial charge in [0.05, 0.1) is 26.4 Å². The van der Waals surface area contributed by atoms with E-state index < -0.39 is 23.7 Å². The van der Waals surface area contributed by atoms with Crippen LogP contribution >= 0.6 is 0 Å². The maximum absolute atomic E-state index is 13.7. The van der Waals surface area contributed by atoms with Gasteiger partial charge in [-0.25, -0.2) is 0 Å². The van der Waals surface area contributed by atoms with Crippen molar-refractivity contribution >= 4 is 17.5 Å². The molecule has 0 N–H and O–H groups in total. The lowest BCUT2D eigenvalue weighted by Crippen LogP contribution is -2.39. The summed E-state index contributed by atoms with van der Waals surface area (Å²) in [6, 6.07) is 12.3. The monoisotopic (exact) mass is 464 g/mol. The highest BCUT2D eigenvalue weighted by atomic mass is 16.5. The second-order valence-corrected chi connectivity index (χ2v) is 9.05. The van der Waals surface area contributed by atoms with E-state index in [4.69, 9.17) is 9.47 Å². The zero-order chi connectivity index (χ0) is 24.2. The zero-order valence-electron chi connectivity index (χ0n) is 20.1. The molecule has 2 aliphatic heterocycles. The quantitative estimate of drug-likeness (QED) is 0.340. The van der Waals surface area contributed by atoms with E-state index >= 15 is 0 Å². The molecule has 2 unspecified atom stereocenters. The highest BCUT2D eigenvalue weighted by Crippen LogP contribution is 2.39.